The summed E-state index contributed by atoms with van der Waals surface area (Å²) in [5, 5.41) is 20.6. The highest BCUT2D eigenvalue weighted by Crippen LogP contribution is 2.27. The fraction of sp³-hybridized carbons (Fsp3) is 0.333. The van der Waals surface area contributed by atoms with Gasteiger partial charge in [0.05, 0.1) is 30.2 Å². The number of likely N-dealkylation sites (N-methyl/N-ethyl adjacent to an activating group) is 1. The van der Waals surface area contributed by atoms with Gasteiger partial charge in [0.25, 0.3) is 0 Å². The maximum atomic E-state index is 11.0. The van der Waals surface area contributed by atoms with E-state index < -0.39 is 5.97 Å². The van der Waals surface area contributed by atoms with Gasteiger partial charge in [0, 0.05) is 11.1 Å². The number of aryl methyl sites for hydroxylation is 1. The van der Waals surface area contributed by atoms with Crippen LogP contribution in [-0.2, 0) is 6.54 Å². The van der Waals surface area contributed by atoms with Crippen LogP contribution >= 0.6 is 11.3 Å². The van der Waals surface area contributed by atoms with E-state index in [9.17, 15) is 9.90 Å². The quantitative estimate of drug-likeness (QED) is 0.753. The lowest BCUT2D eigenvalue weighted by Gasteiger charge is -2.12. The van der Waals surface area contributed by atoms with Gasteiger partial charge in [-0.25, -0.2) is 4.98 Å². The number of aromatic carboxylic acids is 1. The molecule has 0 saturated heterocycles. The van der Waals surface area contributed by atoms with Crippen molar-refractivity contribution in [1.82, 2.24) is 4.98 Å². The first-order valence-corrected chi connectivity index (χ1v) is 7.53. The van der Waals surface area contributed by atoms with Crippen molar-refractivity contribution in [2.24, 2.45) is 0 Å². The Kier molecular flexibility index (Phi) is 5.06. The lowest BCUT2D eigenvalue weighted by atomic mass is 10.1. The van der Waals surface area contributed by atoms with Crippen molar-refractivity contribution in [3.8, 4) is 10.6 Å². The van der Waals surface area contributed by atoms with Crippen LogP contribution < -0.4 is 10.0 Å². The summed E-state index contributed by atoms with van der Waals surface area (Å²) in [6, 6.07) is 7.89. The number of hydrogen-bond donors (Lipinski definition) is 2. The zero-order chi connectivity index (χ0) is 15.4. The number of aromatic nitrogens is 1. The highest BCUT2D eigenvalue weighted by atomic mass is 32.1. The standard InChI is InChI=1S/C15H18N2O3S/c1-10-13(15(19)20)21-14(16-10)12-5-3-4-11(8-12)9-17(2)6-7-18/h3-5,8,18H,6-7,9H2,1-2H3,(H,19,20). The summed E-state index contributed by atoms with van der Waals surface area (Å²) in [5.74, 6) is -1.18. The number of benzene rings is 1. The van der Waals surface area contributed by atoms with Crippen molar-refractivity contribution in [1.29, 1.82) is 0 Å². The molecule has 0 radical (unpaired) electrons. The fourth-order valence-electron chi connectivity index (χ4n) is 2.15. The molecule has 6 heteroatoms. The predicted octanol–water partition coefficient (Wildman–Crippen LogP) is -0.511. The number of quaternary nitrogens is 1. The van der Waals surface area contributed by atoms with E-state index in [0.717, 1.165) is 29.0 Å². The zero-order valence-corrected chi connectivity index (χ0v) is 12.9. The molecule has 1 aromatic carbocycles. The molecule has 1 heterocycles. The van der Waals surface area contributed by atoms with Crippen LogP contribution in [0.2, 0.25) is 0 Å². The first-order valence-electron chi connectivity index (χ1n) is 6.71. The van der Waals surface area contributed by atoms with Gasteiger partial charge in [0.2, 0.25) is 0 Å². The van der Waals surface area contributed by atoms with Crippen LogP contribution in [0, 0.1) is 6.92 Å². The van der Waals surface area contributed by atoms with Gasteiger partial charge in [0.15, 0.2) is 0 Å². The van der Waals surface area contributed by atoms with Gasteiger partial charge in [0.1, 0.15) is 18.1 Å². The molecule has 1 aromatic heterocycles. The number of rotatable bonds is 6. The molecule has 2 N–H and O–H groups in total. The minimum absolute atomic E-state index is 0.159. The molecule has 0 amide bonds. The zero-order valence-electron chi connectivity index (χ0n) is 12.0. The first kappa shape index (κ1) is 15.6. The lowest BCUT2D eigenvalue weighted by molar-refractivity contribution is -0.894. The number of nitrogens with one attached hydrogen (secondary N) is 1. The van der Waals surface area contributed by atoms with E-state index in [1.807, 2.05) is 31.3 Å². The topological polar surface area (TPSA) is 77.7 Å². The monoisotopic (exact) mass is 306 g/mol. The van der Waals surface area contributed by atoms with Crippen LogP contribution in [0.15, 0.2) is 24.3 Å². The molecule has 2 rings (SSSR count). The van der Waals surface area contributed by atoms with Crippen LogP contribution in [0.5, 0.6) is 0 Å². The second-order valence-electron chi connectivity index (χ2n) is 5.03. The Morgan fingerprint density at radius 3 is 2.86 bits per heavy atom. The second-order valence-corrected chi connectivity index (χ2v) is 6.03. The number of thiazole rings is 1. The van der Waals surface area contributed by atoms with E-state index in [2.05, 4.69) is 4.98 Å². The van der Waals surface area contributed by atoms with E-state index in [0.29, 0.717) is 17.2 Å². The average molecular weight is 306 g/mol. The number of aliphatic hydroxyl groups excluding tert-OH is 1. The predicted molar refractivity (Wildman–Crippen MR) is 79.2 cm³/mol. The Morgan fingerprint density at radius 2 is 2.24 bits per heavy atom. The second kappa shape index (κ2) is 6.80. The highest BCUT2D eigenvalue weighted by molar-refractivity contribution is 7.17. The third-order valence-corrected chi connectivity index (χ3v) is 4.39. The number of carbonyl (C=O) groups is 1. The van der Waals surface area contributed by atoms with Crippen molar-refractivity contribution < 1.29 is 19.9 Å². The summed E-state index contributed by atoms with van der Waals surface area (Å²) in [6.07, 6.45) is 0. The van der Waals surface area contributed by atoms with Crippen LogP contribution in [-0.4, -0.2) is 36.3 Å². The number of carbonyl (C=O) groups excluding carboxylic acids is 1. The van der Waals surface area contributed by atoms with Crippen LogP contribution in [0.25, 0.3) is 10.6 Å². The van der Waals surface area contributed by atoms with E-state index in [1.54, 1.807) is 6.92 Å². The largest absolute Gasteiger partial charge is 0.544 e. The normalized spacial score (nSPS) is 12.3. The van der Waals surface area contributed by atoms with Crippen molar-refractivity contribution >= 4 is 17.3 Å². The molecule has 0 bridgehead atoms. The number of carboxylic acid groups (broad SMARTS) is 1. The molecule has 0 fully saturated rings. The van der Waals surface area contributed by atoms with Gasteiger partial charge >= 0.3 is 0 Å². The Morgan fingerprint density at radius 1 is 1.48 bits per heavy atom. The van der Waals surface area contributed by atoms with Crippen molar-refractivity contribution in [3.63, 3.8) is 0 Å². The molecule has 5 nitrogen and oxygen atoms in total. The molecule has 0 spiro atoms. The summed E-state index contributed by atoms with van der Waals surface area (Å²) < 4.78 is 0. The molecule has 21 heavy (non-hydrogen) atoms. The van der Waals surface area contributed by atoms with E-state index in [-0.39, 0.29) is 11.5 Å². The molecular formula is C15H18N2O3S. The minimum Gasteiger partial charge on any atom is -0.544 e. The maximum Gasteiger partial charge on any atom is 0.124 e. The Bertz CT molecular complexity index is 640. The van der Waals surface area contributed by atoms with Crippen molar-refractivity contribution in [2.75, 3.05) is 20.2 Å². The summed E-state index contributed by atoms with van der Waals surface area (Å²) >= 11 is 1.14. The van der Waals surface area contributed by atoms with E-state index in [4.69, 9.17) is 5.11 Å². The Hall–Kier alpha value is -1.76. The molecule has 1 atom stereocenters. The SMILES string of the molecule is Cc1nc(-c2cccc(C[NH+](C)CCO)c2)sc1C(=O)[O-]. The molecule has 112 valence electrons. The van der Waals surface area contributed by atoms with Crippen LogP contribution in [0.1, 0.15) is 20.9 Å². The van der Waals surface area contributed by atoms with Gasteiger partial charge in [-0.2, -0.15) is 0 Å². The van der Waals surface area contributed by atoms with Crippen molar-refractivity contribution in [2.45, 2.75) is 13.5 Å². The van der Waals surface area contributed by atoms with Crippen LogP contribution in [0.4, 0.5) is 0 Å². The Balaban J connectivity index is 2.24. The molecular weight excluding hydrogens is 288 g/mol. The lowest BCUT2D eigenvalue weighted by Crippen LogP contribution is -3.08. The smallest absolute Gasteiger partial charge is 0.124 e. The summed E-state index contributed by atoms with van der Waals surface area (Å²) in [4.78, 5) is 16.7. The Labute approximate surface area is 127 Å². The molecule has 0 aliphatic rings. The third-order valence-electron chi connectivity index (χ3n) is 3.20. The summed E-state index contributed by atoms with van der Waals surface area (Å²) in [5.41, 5.74) is 2.52. The average Bonchev–Trinajstić information content (AvgIpc) is 2.81. The van der Waals surface area contributed by atoms with Gasteiger partial charge in [-0.05, 0) is 13.0 Å². The van der Waals surface area contributed by atoms with Gasteiger partial charge < -0.3 is 19.9 Å². The number of nitrogens with zero attached hydrogens (tertiary/aromatic N) is 1. The fourth-order valence-corrected chi connectivity index (χ4v) is 3.05. The summed E-state index contributed by atoms with van der Waals surface area (Å²) in [7, 11) is 2.02. The number of aliphatic hydroxyl groups is 1. The van der Waals surface area contributed by atoms with Crippen LogP contribution in [0.3, 0.4) is 0 Å². The summed E-state index contributed by atoms with van der Waals surface area (Å²) in [6.45, 7) is 3.32. The molecule has 0 aliphatic heterocycles. The van der Waals surface area contributed by atoms with E-state index >= 15 is 0 Å². The van der Waals surface area contributed by atoms with Gasteiger partial charge in [-0.1, -0.05) is 18.2 Å². The van der Waals surface area contributed by atoms with Gasteiger partial charge in [-0.3, -0.25) is 0 Å². The van der Waals surface area contributed by atoms with Crippen molar-refractivity contribution in [3.05, 3.63) is 40.4 Å². The number of carboxylic acids is 1. The minimum atomic E-state index is -1.18. The molecule has 2 aromatic rings. The first-order chi connectivity index (χ1) is 10.0. The molecule has 0 aliphatic carbocycles. The number of hydrogen-bond acceptors (Lipinski definition) is 5. The molecule has 0 saturated carbocycles. The van der Waals surface area contributed by atoms with Gasteiger partial charge in [-0.15, -0.1) is 11.3 Å². The highest BCUT2D eigenvalue weighted by Gasteiger charge is 2.11. The molecule has 1 unspecified atom stereocenters. The van der Waals surface area contributed by atoms with E-state index in [1.165, 1.54) is 4.90 Å². The third kappa shape index (κ3) is 3.87. The maximum absolute atomic E-state index is 11.0.